The van der Waals surface area contributed by atoms with Gasteiger partial charge in [-0.15, -0.1) is 11.3 Å². The molecule has 0 saturated carbocycles. The Balaban J connectivity index is 2.01. The summed E-state index contributed by atoms with van der Waals surface area (Å²) in [6, 6.07) is 1.46. The molecule has 0 atom stereocenters. The number of nitrogens with zero attached hydrogens (tertiary/aromatic N) is 2. The van der Waals surface area contributed by atoms with Crippen molar-refractivity contribution >= 4 is 17.2 Å². The van der Waals surface area contributed by atoms with Gasteiger partial charge in [0.15, 0.2) is 0 Å². The summed E-state index contributed by atoms with van der Waals surface area (Å²) in [5, 5.41) is 14.7. The molecule has 2 N–H and O–H groups in total. The molecule has 1 amide bonds. The Kier molecular flexibility index (Phi) is 3.11. The average molecular weight is 235 g/mol. The van der Waals surface area contributed by atoms with E-state index in [0.717, 1.165) is 5.01 Å². The van der Waals surface area contributed by atoms with Gasteiger partial charge in [0, 0.05) is 17.8 Å². The lowest BCUT2D eigenvalue weighted by Gasteiger charge is -2.04. The van der Waals surface area contributed by atoms with Crippen molar-refractivity contribution in [1.82, 2.24) is 15.3 Å². The number of aromatic nitrogens is 2. The minimum atomic E-state index is -0.338. The highest BCUT2D eigenvalue weighted by Crippen LogP contribution is 2.13. The first-order valence-electron chi connectivity index (χ1n) is 4.57. The average Bonchev–Trinajstić information content (AvgIpc) is 2.79. The molecule has 0 aliphatic heterocycles. The van der Waals surface area contributed by atoms with Gasteiger partial charge < -0.3 is 10.4 Å². The molecule has 0 spiro atoms. The third-order valence-corrected chi connectivity index (χ3v) is 2.71. The predicted molar refractivity (Wildman–Crippen MR) is 59.2 cm³/mol. The van der Waals surface area contributed by atoms with Crippen LogP contribution in [0.4, 0.5) is 0 Å². The van der Waals surface area contributed by atoms with Gasteiger partial charge in [0.2, 0.25) is 0 Å². The maximum Gasteiger partial charge on any atom is 0.255 e. The number of pyridine rings is 1. The molecule has 6 heteroatoms. The lowest BCUT2D eigenvalue weighted by atomic mass is 10.2. The van der Waals surface area contributed by atoms with E-state index in [4.69, 9.17) is 0 Å². The van der Waals surface area contributed by atoms with E-state index < -0.39 is 0 Å². The number of hydrogen-bond donors (Lipinski definition) is 2. The van der Waals surface area contributed by atoms with Crippen LogP contribution in [0.3, 0.4) is 0 Å². The molecule has 0 radical (unpaired) electrons. The molecule has 0 aliphatic carbocycles. The molecule has 16 heavy (non-hydrogen) atoms. The third kappa shape index (κ3) is 2.34. The third-order valence-electron chi connectivity index (χ3n) is 1.93. The Morgan fingerprint density at radius 3 is 3.06 bits per heavy atom. The molecular formula is C10H9N3O2S. The molecule has 0 saturated heterocycles. The van der Waals surface area contributed by atoms with E-state index in [2.05, 4.69) is 15.3 Å². The van der Waals surface area contributed by atoms with Crippen LogP contribution in [-0.2, 0) is 6.54 Å². The molecule has 2 aromatic rings. The summed E-state index contributed by atoms with van der Waals surface area (Å²) in [7, 11) is 0. The van der Waals surface area contributed by atoms with Crippen LogP contribution < -0.4 is 5.32 Å². The molecule has 0 fully saturated rings. The number of thiazole rings is 1. The second kappa shape index (κ2) is 4.71. The largest absolute Gasteiger partial charge is 0.505 e. The summed E-state index contributed by atoms with van der Waals surface area (Å²) in [5.41, 5.74) is 0.214. The number of carbonyl (C=O) groups excluding carboxylic acids is 1. The van der Waals surface area contributed by atoms with Gasteiger partial charge in [-0.05, 0) is 6.07 Å². The molecule has 0 bridgehead atoms. The van der Waals surface area contributed by atoms with Gasteiger partial charge in [-0.1, -0.05) is 0 Å². The Labute approximate surface area is 95.8 Å². The van der Waals surface area contributed by atoms with Crippen LogP contribution in [0.2, 0.25) is 0 Å². The number of carbonyl (C=O) groups is 1. The van der Waals surface area contributed by atoms with Gasteiger partial charge in [0.1, 0.15) is 10.8 Å². The van der Waals surface area contributed by atoms with Crippen LogP contribution in [0.15, 0.2) is 30.0 Å². The van der Waals surface area contributed by atoms with Crippen molar-refractivity contribution in [1.29, 1.82) is 0 Å². The summed E-state index contributed by atoms with van der Waals surface area (Å²) < 4.78 is 0. The summed E-state index contributed by atoms with van der Waals surface area (Å²) in [4.78, 5) is 19.4. The van der Waals surface area contributed by atoms with Crippen molar-refractivity contribution in [2.45, 2.75) is 6.54 Å². The van der Waals surface area contributed by atoms with E-state index in [9.17, 15) is 9.90 Å². The highest BCUT2D eigenvalue weighted by atomic mass is 32.1. The highest BCUT2D eigenvalue weighted by Gasteiger charge is 2.10. The Morgan fingerprint density at radius 1 is 1.50 bits per heavy atom. The number of rotatable bonds is 3. The normalized spacial score (nSPS) is 10.0. The Bertz CT molecular complexity index is 485. The topological polar surface area (TPSA) is 75.1 Å². The monoisotopic (exact) mass is 235 g/mol. The fourth-order valence-corrected chi connectivity index (χ4v) is 1.73. The zero-order valence-corrected chi connectivity index (χ0v) is 9.07. The van der Waals surface area contributed by atoms with E-state index in [1.54, 1.807) is 6.20 Å². The first-order chi connectivity index (χ1) is 7.77. The maximum atomic E-state index is 11.6. The molecule has 5 nitrogen and oxygen atoms in total. The van der Waals surface area contributed by atoms with Crippen LogP contribution in [0, 0.1) is 0 Å². The predicted octanol–water partition coefficient (Wildman–Crippen LogP) is 1.17. The van der Waals surface area contributed by atoms with Crippen molar-refractivity contribution in [2.24, 2.45) is 0 Å². The lowest BCUT2D eigenvalue weighted by Crippen LogP contribution is -2.22. The van der Waals surface area contributed by atoms with Gasteiger partial charge in [-0.2, -0.15) is 0 Å². The fourth-order valence-electron chi connectivity index (χ4n) is 1.17. The second-order valence-electron chi connectivity index (χ2n) is 3.00. The van der Waals surface area contributed by atoms with Crippen molar-refractivity contribution in [3.05, 3.63) is 40.6 Å². The van der Waals surface area contributed by atoms with Gasteiger partial charge in [0.05, 0.1) is 18.3 Å². The minimum absolute atomic E-state index is 0.126. The van der Waals surface area contributed by atoms with E-state index in [-0.39, 0.29) is 17.2 Å². The molecule has 2 aromatic heterocycles. The number of hydrogen-bond acceptors (Lipinski definition) is 5. The van der Waals surface area contributed by atoms with Gasteiger partial charge in [-0.3, -0.25) is 9.78 Å². The summed E-state index contributed by atoms with van der Waals surface area (Å²) in [6.07, 6.45) is 4.37. The van der Waals surface area contributed by atoms with Crippen LogP contribution in [0.1, 0.15) is 15.4 Å². The summed E-state index contributed by atoms with van der Waals surface area (Å²) in [6.45, 7) is 0.359. The summed E-state index contributed by atoms with van der Waals surface area (Å²) >= 11 is 1.46. The molecule has 0 aromatic carbocycles. The number of aromatic hydroxyl groups is 1. The van der Waals surface area contributed by atoms with Crippen LogP contribution >= 0.6 is 11.3 Å². The fraction of sp³-hybridized carbons (Fsp3) is 0.100. The van der Waals surface area contributed by atoms with E-state index in [0.29, 0.717) is 6.54 Å². The quantitative estimate of drug-likeness (QED) is 0.837. The van der Waals surface area contributed by atoms with Crippen molar-refractivity contribution < 1.29 is 9.90 Å². The summed E-state index contributed by atoms with van der Waals surface area (Å²) in [5.74, 6) is -0.464. The Hall–Kier alpha value is -1.95. The second-order valence-corrected chi connectivity index (χ2v) is 3.98. The van der Waals surface area contributed by atoms with Crippen molar-refractivity contribution in [3.8, 4) is 5.75 Å². The Morgan fingerprint density at radius 2 is 2.38 bits per heavy atom. The van der Waals surface area contributed by atoms with E-state index >= 15 is 0 Å². The molecule has 82 valence electrons. The van der Waals surface area contributed by atoms with E-state index in [1.165, 1.54) is 29.8 Å². The SMILES string of the molecule is O=C(NCc1nccs1)c1ccncc1O. The van der Waals surface area contributed by atoms with E-state index in [1.807, 2.05) is 5.38 Å². The number of nitrogens with one attached hydrogen (secondary N) is 1. The molecular weight excluding hydrogens is 226 g/mol. The van der Waals surface area contributed by atoms with Crippen molar-refractivity contribution in [2.75, 3.05) is 0 Å². The molecule has 0 aliphatic rings. The molecule has 2 rings (SSSR count). The minimum Gasteiger partial charge on any atom is -0.505 e. The standard InChI is InChI=1S/C10H9N3O2S/c14-8-5-11-2-1-7(8)10(15)13-6-9-12-3-4-16-9/h1-5,14H,6H2,(H,13,15). The highest BCUT2D eigenvalue weighted by molar-refractivity contribution is 7.09. The van der Waals surface area contributed by atoms with Gasteiger partial charge in [0.25, 0.3) is 5.91 Å². The van der Waals surface area contributed by atoms with Crippen LogP contribution in [0.25, 0.3) is 0 Å². The van der Waals surface area contributed by atoms with Crippen molar-refractivity contribution in [3.63, 3.8) is 0 Å². The zero-order valence-electron chi connectivity index (χ0n) is 8.25. The molecule has 0 unspecified atom stereocenters. The smallest absolute Gasteiger partial charge is 0.255 e. The number of amides is 1. The zero-order chi connectivity index (χ0) is 11.4. The first kappa shape index (κ1) is 10.6. The maximum absolute atomic E-state index is 11.6. The van der Waals surface area contributed by atoms with Gasteiger partial charge in [-0.25, -0.2) is 4.98 Å². The van der Waals surface area contributed by atoms with Crippen LogP contribution in [-0.4, -0.2) is 21.0 Å². The molecule has 2 heterocycles. The lowest BCUT2D eigenvalue weighted by molar-refractivity contribution is 0.0948. The van der Waals surface area contributed by atoms with Gasteiger partial charge >= 0.3 is 0 Å². The van der Waals surface area contributed by atoms with Crippen LogP contribution in [0.5, 0.6) is 5.75 Å². The first-order valence-corrected chi connectivity index (χ1v) is 5.45.